The molecule has 154 valence electrons. The Morgan fingerprint density at radius 1 is 1.19 bits per heavy atom. The molecular formula is C20H34N2O4S. The van der Waals surface area contributed by atoms with Crippen LogP contribution in [0.15, 0.2) is 24.3 Å². The predicted octanol–water partition coefficient (Wildman–Crippen LogP) is 3.42. The first-order valence-electron chi connectivity index (χ1n) is 8.97. The van der Waals surface area contributed by atoms with Crippen LogP contribution in [0.4, 0.5) is 0 Å². The van der Waals surface area contributed by atoms with Crippen molar-refractivity contribution in [2.75, 3.05) is 31.6 Å². The van der Waals surface area contributed by atoms with Crippen LogP contribution in [-0.2, 0) is 4.79 Å². The lowest BCUT2D eigenvalue weighted by atomic mass is 10.1. The summed E-state index contributed by atoms with van der Waals surface area (Å²) in [6.07, 6.45) is 0.730. The van der Waals surface area contributed by atoms with Crippen LogP contribution in [0, 0.1) is 0 Å². The molecule has 27 heavy (non-hydrogen) atoms. The number of carbonyl (C=O) groups is 3. The minimum Gasteiger partial charge on any atom is -0.483 e. The van der Waals surface area contributed by atoms with Crippen molar-refractivity contribution in [1.82, 2.24) is 10.2 Å². The molecule has 0 aromatic heterocycles. The van der Waals surface area contributed by atoms with Crippen LogP contribution in [0.2, 0.25) is 0 Å². The zero-order valence-corrected chi connectivity index (χ0v) is 18.1. The molecule has 0 spiro atoms. The highest BCUT2D eigenvalue weighted by Gasteiger charge is 2.14. The minimum absolute atomic E-state index is 0.101. The summed E-state index contributed by atoms with van der Waals surface area (Å²) < 4.78 is 0. The number of amides is 1. The van der Waals surface area contributed by atoms with Crippen molar-refractivity contribution in [3.63, 3.8) is 0 Å². The van der Waals surface area contributed by atoms with Crippen LogP contribution < -0.4 is 5.32 Å². The quantitative estimate of drug-likeness (QED) is 0.515. The minimum atomic E-state index is -0.250. The fraction of sp³-hybridized carbons (Fsp3) is 0.550. The van der Waals surface area contributed by atoms with Crippen LogP contribution in [0.5, 0.6) is 0 Å². The smallest absolute Gasteiger partial charge is 0.290 e. The van der Waals surface area contributed by atoms with Crippen LogP contribution in [0.25, 0.3) is 0 Å². The Balaban J connectivity index is 0. The molecule has 1 rings (SSSR count). The van der Waals surface area contributed by atoms with Gasteiger partial charge in [0, 0.05) is 42.7 Å². The molecule has 0 saturated heterocycles. The first kappa shape index (κ1) is 27.4. The first-order valence-corrected chi connectivity index (χ1v) is 10.1. The lowest BCUT2D eigenvalue weighted by Crippen LogP contribution is -2.37. The van der Waals surface area contributed by atoms with Gasteiger partial charge in [0.15, 0.2) is 6.29 Å². The van der Waals surface area contributed by atoms with E-state index < -0.39 is 0 Å². The average molecular weight is 399 g/mol. The fourth-order valence-corrected chi connectivity index (χ4v) is 2.76. The Kier molecular flexibility index (Phi) is 16.5. The van der Waals surface area contributed by atoms with Crippen molar-refractivity contribution >= 4 is 30.4 Å². The number of nitrogens with one attached hydrogen (secondary N) is 1. The lowest BCUT2D eigenvalue weighted by Gasteiger charge is -2.21. The predicted molar refractivity (Wildman–Crippen MR) is 114 cm³/mol. The van der Waals surface area contributed by atoms with Gasteiger partial charge in [0.05, 0.1) is 5.56 Å². The summed E-state index contributed by atoms with van der Waals surface area (Å²) in [5.74, 6) is 1.80. The third-order valence-corrected chi connectivity index (χ3v) is 4.10. The summed E-state index contributed by atoms with van der Waals surface area (Å²) >= 11 is 1.82. The summed E-state index contributed by atoms with van der Waals surface area (Å²) in [6.45, 7) is 11.8. The molecule has 0 aliphatic heterocycles. The van der Waals surface area contributed by atoms with Gasteiger partial charge < -0.3 is 15.3 Å². The standard InChI is InChI=1S/C17H26N2O2S.C2H6.CH2O2/c1-17(2,3)18-9-11-22-12-10-19(4)16(21)15-8-6-5-7-14(15)13-20;1-2;2-1-3/h5-8,13,18H,9-12H2,1-4H3;1-2H3;1H,(H,2,3). The van der Waals surface area contributed by atoms with Crippen LogP contribution in [-0.4, -0.2) is 65.9 Å². The van der Waals surface area contributed by atoms with Crippen molar-refractivity contribution in [2.45, 2.75) is 40.2 Å². The summed E-state index contributed by atoms with van der Waals surface area (Å²) in [6, 6.07) is 6.91. The third-order valence-electron chi connectivity index (χ3n) is 3.14. The zero-order valence-electron chi connectivity index (χ0n) is 17.3. The molecule has 0 heterocycles. The van der Waals surface area contributed by atoms with Gasteiger partial charge in [-0.2, -0.15) is 11.8 Å². The Morgan fingerprint density at radius 3 is 2.26 bits per heavy atom. The number of carboxylic acid groups (broad SMARTS) is 1. The lowest BCUT2D eigenvalue weighted by molar-refractivity contribution is -0.122. The fourth-order valence-electron chi connectivity index (χ4n) is 1.90. The van der Waals surface area contributed by atoms with Gasteiger partial charge in [-0.15, -0.1) is 0 Å². The molecule has 7 heteroatoms. The Bertz CT molecular complexity index is 545. The number of thioether (sulfide) groups is 1. The van der Waals surface area contributed by atoms with Crippen molar-refractivity contribution in [1.29, 1.82) is 0 Å². The van der Waals surface area contributed by atoms with Gasteiger partial charge in [-0.1, -0.05) is 32.0 Å². The molecular weight excluding hydrogens is 364 g/mol. The summed E-state index contributed by atoms with van der Waals surface area (Å²) in [5.41, 5.74) is 1.06. The number of nitrogens with zero attached hydrogens (tertiary/aromatic N) is 1. The number of hydrogen-bond acceptors (Lipinski definition) is 5. The highest BCUT2D eigenvalue weighted by Crippen LogP contribution is 2.10. The maximum atomic E-state index is 12.3. The summed E-state index contributed by atoms with van der Waals surface area (Å²) in [4.78, 5) is 33.3. The highest BCUT2D eigenvalue weighted by atomic mass is 32.2. The summed E-state index contributed by atoms with van der Waals surface area (Å²) in [7, 11) is 1.78. The number of hydrogen-bond donors (Lipinski definition) is 2. The van der Waals surface area contributed by atoms with E-state index in [0.29, 0.717) is 17.7 Å². The topological polar surface area (TPSA) is 86.7 Å². The number of benzene rings is 1. The third kappa shape index (κ3) is 13.9. The highest BCUT2D eigenvalue weighted by molar-refractivity contribution is 7.99. The number of rotatable bonds is 8. The van der Waals surface area contributed by atoms with E-state index in [1.807, 2.05) is 25.6 Å². The van der Waals surface area contributed by atoms with Crippen molar-refractivity contribution in [3.8, 4) is 0 Å². The molecule has 0 radical (unpaired) electrons. The molecule has 6 nitrogen and oxygen atoms in total. The molecule has 0 aliphatic carbocycles. The van der Waals surface area contributed by atoms with E-state index in [0.717, 1.165) is 24.3 Å². The zero-order chi connectivity index (χ0) is 21.3. The van der Waals surface area contributed by atoms with Gasteiger partial charge >= 0.3 is 0 Å². The van der Waals surface area contributed by atoms with Gasteiger partial charge in [-0.25, -0.2) is 0 Å². The van der Waals surface area contributed by atoms with Crippen LogP contribution >= 0.6 is 11.8 Å². The second kappa shape index (κ2) is 16.3. The first-order chi connectivity index (χ1) is 12.8. The molecule has 1 amide bonds. The average Bonchev–Trinajstić information content (AvgIpc) is 2.65. The molecule has 0 fully saturated rings. The monoisotopic (exact) mass is 398 g/mol. The van der Waals surface area contributed by atoms with Crippen molar-refractivity contribution in [2.24, 2.45) is 0 Å². The molecule has 2 N–H and O–H groups in total. The van der Waals surface area contributed by atoms with E-state index in [1.165, 1.54) is 0 Å². The Morgan fingerprint density at radius 2 is 1.74 bits per heavy atom. The largest absolute Gasteiger partial charge is 0.483 e. The molecule has 1 aromatic carbocycles. The second-order valence-corrected chi connectivity index (χ2v) is 7.55. The number of aldehydes is 1. The van der Waals surface area contributed by atoms with Gasteiger partial charge in [0.1, 0.15) is 0 Å². The Labute approximate surface area is 167 Å². The molecule has 1 aromatic rings. The van der Waals surface area contributed by atoms with E-state index in [9.17, 15) is 9.59 Å². The molecule has 0 unspecified atom stereocenters. The van der Waals surface area contributed by atoms with Crippen molar-refractivity contribution < 1.29 is 19.5 Å². The van der Waals surface area contributed by atoms with Crippen molar-refractivity contribution in [3.05, 3.63) is 35.4 Å². The molecule has 0 atom stereocenters. The number of carbonyl (C=O) groups excluding carboxylic acids is 2. The normalized spacial score (nSPS) is 9.85. The van der Waals surface area contributed by atoms with E-state index in [2.05, 4.69) is 26.1 Å². The van der Waals surface area contributed by atoms with E-state index in [-0.39, 0.29) is 17.9 Å². The second-order valence-electron chi connectivity index (χ2n) is 6.33. The molecule has 0 bridgehead atoms. The molecule has 0 aliphatic rings. The van der Waals surface area contributed by atoms with Crippen LogP contribution in [0.1, 0.15) is 55.3 Å². The molecule has 0 saturated carbocycles. The van der Waals surface area contributed by atoms with Crippen LogP contribution in [0.3, 0.4) is 0 Å². The van der Waals surface area contributed by atoms with Gasteiger partial charge in [-0.05, 0) is 26.8 Å². The van der Waals surface area contributed by atoms with Gasteiger partial charge in [-0.3, -0.25) is 14.4 Å². The maximum Gasteiger partial charge on any atom is 0.290 e. The SMILES string of the molecule is CC.CN(CCSCCNC(C)(C)C)C(=O)c1ccccc1C=O.O=CO. The summed E-state index contributed by atoms with van der Waals surface area (Å²) in [5, 5.41) is 10.3. The van der Waals surface area contributed by atoms with Gasteiger partial charge in [0.25, 0.3) is 12.4 Å². The van der Waals surface area contributed by atoms with E-state index in [4.69, 9.17) is 9.90 Å². The Hall–Kier alpha value is -1.86. The maximum absolute atomic E-state index is 12.3. The van der Waals surface area contributed by atoms with E-state index in [1.54, 1.807) is 36.2 Å². The van der Waals surface area contributed by atoms with Gasteiger partial charge in [0.2, 0.25) is 0 Å². The van der Waals surface area contributed by atoms with E-state index >= 15 is 0 Å².